The van der Waals surface area contributed by atoms with Gasteiger partial charge in [0.15, 0.2) is 0 Å². The fourth-order valence-electron chi connectivity index (χ4n) is 1.19. The molecule has 0 radical (unpaired) electrons. The van der Waals surface area contributed by atoms with Gasteiger partial charge in [-0.05, 0) is 0 Å². The van der Waals surface area contributed by atoms with Crippen molar-refractivity contribution in [3.05, 3.63) is 29.8 Å². The van der Waals surface area contributed by atoms with Crippen molar-refractivity contribution in [2.45, 2.75) is 24.7 Å². The zero-order valence-corrected chi connectivity index (χ0v) is 11.6. The molecule has 1 atom stereocenters. The molecule has 0 saturated heterocycles. The van der Waals surface area contributed by atoms with Crippen molar-refractivity contribution in [2.24, 2.45) is 0 Å². The van der Waals surface area contributed by atoms with Crippen LogP contribution < -0.4 is 3.61 Å². The molecule has 0 amide bonds. The van der Waals surface area contributed by atoms with Crippen LogP contribution in [0.5, 0.6) is 0 Å². The Bertz CT molecular complexity index is 336. The Morgan fingerprint density at radius 2 is 2.13 bits per heavy atom. The van der Waals surface area contributed by atoms with Gasteiger partial charge in [-0.15, -0.1) is 0 Å². The summed E-state index contributed by atoms with van der Waals surface area (Å²) >= 11 is -0.474. The van der Waals surface area contributed by atoms with E-state index < -0.39 is 20.9 Å². The molecule has 0 saturated carbocycles. The van der Waals surface area contributed by atoms with Crippen LogP contribution >= 0.6 is 0 Å². The SMILES string of the molecule is CCOC(=O)C(C)[Te]c1ccccc1C. The van der Waals surface area contributed by atoms with Gasteiger partial charge in [-0.3, -0.25) is 0 Å². The van der Waals surface area contributed by atoms with Crippen molar-refractivity contribution in [3.8, 4) is 0 Å². The third-order valence-electron chi connectivity index (χ3n) is 2.02. The molecule has 0 N–H and O–H groups in total. The normalized spacial score (nSPS) is 12.2. The van der Waals surface area contributed by atoms with E-state index in [1.807, 2.05) is 26.0 Å². The number of benzene rings is 1. The number of hydrogen-bond donors (Lipinski definition) is 0. The molecule has 1 aromatic rings. The van der Waals surface area contributed by atoms with Crippen molar-refractivity contribution >= 4 is 30.5 Å². The van der Waals surface area contributed by atoms with Gasteiger partial charge in [-0.25, -0.2) is 0 Å². The standard InChI is InChI=1S/C12H16O2Te/c1-4-14-12(13)10(3)15-11-8-6-5-7-9(11)2/h5-8,10H,4H2,1-3H3. The summed E-state index contributed by atoms with van der Waals surface area (Å²) < 4.78 is 6.43. The predicted molar refractivity (Wildman–Crippen MR) is 62.6 cm³/mol. The number of rotatable bonds is 4. The molecule has 0 aliphatic rings. The second-order valence-electron chi connectivity index (χ2n) is 3.28. The van der Waals surface area contributed by atoms with E-state index in [0.29, 0.717) is 6.61 Å². The van der Waals surface area contributed by atoms with Gasteiger partial charge < -0.3 is 0 Å². The van der Waals surface area contributed by atoms with Crippen LogP contribution in [0, 0.1) is 6.92 Å². The molecule has 2 nitrogen and oxygen atoms in total. The molecular weight excluding hydrogens is 304 g/mol. The summed E-state index contributed by atoms with van der Waals surface area (Å²) in [5.74, 6) is -0.0526. The number of carbonyl (C=O) groups is 1. The fraction of sp³-hybridized carbons (Fsp3) is 0.417. The predicted octanol–water partition coefficient (Wildman–Crippen LogP) is 1.70. The van der Waals surface area contributed by atoms with Crippen LogP contribution in [0.15, 0.2) is 24.3 Å². The van der Waals surface area contributed by atoms with Gasteiger partial charge >= 0.3 is 101 Å². The summed E-state index contributed by atoms with van der Waals surface area (Å²) in [5, 5.41) is 0. The third-order valence-corrected chi connectivity index (χ3v) is 5.61. The molecule has 0 aromatic heterocycles. The minimum absolute atomic E-state index is 0.0526. The number of aryl methyl sites for hydroxylation is 1. The molecule has 0 aliphatic heterocycles. The first kappa shape index (κ1) is 12.5. The Labute approximate surface area is 101 Å². The van der Waals surface area contributed by atoms with Crippen LogP contribution in [0.3, 0.4) is 0 Å². The molecule has 0 spiro atoms. The monoisotopic (exact) mass is 322 g/mol. The second-order valence-corrected chi connectivity index (χ2v) is 7.22. The van der Waals surface area contributed by atoms with E-state index in [0.717, 1.165) is 0 Å². The van der Waals surface area contributed by atoms with Crippen molar-refractivity contribution < 1.29 is 9.53 Å². The summed E-state index contributed by atoms with van der Waals surface area (Å²) in [4.78, 5) is 11.5. The average Bonchev–Trinajstić information content (AvgIpc) is 2.21. The summed E-state index contributed by atoms with van der Waals surface area (Å²) in [6.07, 6.45) is 0. The van der Waals surface area contributed by atoms with Gasteiger partial charge in [0.2, 0.25) is 0 Å². The second kappa shape index (κ2) is 6.15. The van der Waals surface area contributed by atoms with Crippen LogP contribution in [0.25, 0.3) is 0 Å². The Hall–Kier alpha value is -0.520. The molecule has 1 aromatic carbocycles. The molecule has 0 aliphatic carbocycles. The first-order valence-electron chi connectivity index (χ1n) is 5.04. The van der Waals surface area contributed by atoms with Crippen LogP contribution in [0.1, 0.15) is 19.4 Å². The molecular formula is C12H16O2Te. The van der Waals surface area contributed by atoms with E-state index in [-0.39, 0.29) is 9.94 Å². The van der Waals surface area contributed by atoms with Gasteiger partial charge in [0, 0.05) is 0 Å². The Kier molecular flexibility index (Phi) is 5.14. The molecule has 1 unspecified atom stereocenters. The van der Waals surface area contributed by atoms with Crippen molar-refractivity contribution in [3.63, 3.8) is 0 Å². The van der Waals surface area contributed by atoms with E-state index >= 15 is 0 Å². The van der Waals surface area contributed by atoms with Gasteiger partial charge in [0.25, 0.3) is 0 Å². The Morgan fingerprint density at radius 3 is 2.73 bits per heavy atom. The zero-order chi connectivity index (χ0) is 11.3. The molecule has 0 heterocycles. The van der Waals surface area contributed by atoms with E-state index in [2.05, 4.69) is 19.1 Å². The molecule has 3 heteroatoms. The fourth-order valence-corrected chi connectivity index (χ4v) is 3.92. The third kappa shape index (κ3) is 3.85. The first-order chi connectivity index (χ1) is 7.15. The molecule has 82 valence electrons. The van der Waals surface area contributed by atoms with E-state index in [1.54, 1.807) is 0 Å². The van der Waals surface area contributed by atoms with Gasteiger partial charge in [-0.2, -0.15) is 0 Å². The summed E-state index contributed by atoms with van der Waals surface area (Å²) in [6.45, 7) is 6.38. The van der Waals surface area contributed by atoms with Gasteiger partial charge in [0.1, 0.15) is 0 Å². The molecule has 1 rings (SSSR count). The topological polar surface area (TPSA) is 26.3 Å². The van der Waals surface area contributed by atoms with Crippen molar-refractivity contribution in [1.82, 2.24) is 0 Å². The minimum atomic E-state index is -0.474. The molecule has 0 fully saturated rings. The molecule has 0 bridgehead atoms. The number of ether oxygens (including phenoxy) is 1. The number of hydrogen-bond acceptors (Lipinski definition) is 2. The quantitative estimate of drug-likeness (QED) is 0.624. The summed E-state index contributed by atoms with van der Waals surface area (Å²) in [5.41, 5.74) is 1.29. The van der Waals surface area contributed by atoms with Gasteiger partial charge in [0.05, 0.1) is 0 Å². The summed E-state index contributed by atoms with van der Waals surface area (Å²) in [6, 6.07) is 8.27. The van der Waals surface area contributed by atoms with Crippen LogP contribution in [-0.2, 0) is 9.53 Å². The van der Waals surface area contributed by atoms with Crippen molar-refractivity contribution in [2.75, 3.05) is 6.61 Å². The van der Waals surface area contributed by atoms with E-state index in [4.69, 9.17) is 4.74 Å². The first-order valence-corrected chi connectivity index (χ1v) is 7.55. The Morgan fingerprint density at radius 1 is 1.47 bits per heavy atom. The molecule has 15 heavy (non-hydrogen) atoms. The maximum absolute atomic E-state index is 11.5. The summed E-state index contributed by atoms with van der Waals surface area (Å²) in [7, 11) is 0. The number of carbonyl (C=O) groups excluding carboxylic acids is 1. The van der Waals surface area contributed by atoms with Crippen LogP contribution in [-0.4, -0.2) is 33.5 Å². The van der Waals surface area contributed by atoms with Crippen LogP contribution in [0.4, 0.5) is 0 Å². The zero-order valence-electron chi connectivity index (χ0n) is 9.32. The van der Waals surface area contributed by atoms with E-state index in [9.17, 15) is 4.79 Å². The van der Waals surface area contributed by atoms with Crippen LogP contribution in [0.2, 0.25) is 3.97 Å². The van der Waals surface area contributed by atoms with Gasteiger partial charge in [-0.1, -0.05) is 0 Å². The maximum atomic E-state index is 11.5. The Balaban J connectivity index is 2.62. The van der Waals surface area contributed by atoms with Crippen molar-refractivity contribution in [1.29, 1.82) is 0 Å². The van der Waals surface area contributed by atoms with E-state index in [1.165, 1.54) is 9.17 Å². The average molecular weight is 320 g/mol. The number of esters is 1.